The highest BCUT2D eigenvalue weighted by Crippen LogP contribution is 2.30. The van der Waals surface area contributed by atoms with Crippen LogP contribution in [-0.4, -0.2) is 32.8 Å². The number of benzene rings is 1. The Morgan fingerprint density at radius 3 is 2.56 bits per heavy atom. The van der Waals surface area contributed by atoms with Crippen LogP contribution < -0.4 is 5.32 Å². The summed E-state index contributed by atoms with van der Waals surface area (Å²) in [6.45, 7) is 7.68. The minimum Gasteiger partial charge on any atom is -0.480 e. The number of aromatic nitrogens is 2. The zero-order valence-electron chi connectivity index (χ0n) is 15.9. The molecule has 0 fully saturated rings. The van der Waals surface area contributed by atoms with Gasteiger partial charge in [-0.15, -0.1) is 0 Å². The highest BCUT2D eigenvalue weighted by Gasteiger charge is 2.26. The van der Waals surface area contributed by atoms with Crippen LogP contribution in [-0.2, 0) is 10.3 Å². The summed E-state index contributed by atoms with van der Waals surface area (Å²) in [6.07, 6.45) is 5.27. The largest absolute Gasteiger partial charge is 0.480 e. The average Bonchev–Trinajstić information content (AvgIpc) is 3.04. The lowest BCUT2D eigenvalue weighted by Gasteiger charge is -2.18. The van der Waals surface area contributed by atoms with Crippen LogP contribution in [0.1, 0.15) is 44.5 Å². The van der Waals surface area contributed by atoms with Gasteiger partial charge in [-0.25, -0.2) is 4.79 Å². The molecule has 0 saturated carbocycles. The smallest absolute Gasteiger partial charge is 0.326 e. The second kappa shape index (κ2) is 8.39. The zero-order valence-corrected chi connectivity index (χ0v) is 16.6. The summed E-state index contributed by atoms with van der Waals surface area (Å²) in [4.78, 5) is 24.3. The number of hydrogen-bond acceptors (Lipinski definition) is 3. The Balaban J connectivity index is 2.48. The molecule has 1 heterocycles. The number of carbonyl (C=O) groups excluding carboxylic acids is 1. The Morgan fingerprint density at radius 2 is 2.00 bits per heavy atom. The van der Waals surface area contributed by atoms with Gasteiger partial charge in [0.2, 0.25) is 0 Å². The molecule has 1 atom stereocenters. The van der Waals surface area contributed by atoms with Crippen LogP contribution in [0, 0.1) is 0 Å². The molecule has 0 aliphatic rings. The van der Waals surface area contributed by atoms with Gasteiger partial charge in [0.15, 0.2) is 0 Å². The second-order valence-electron chi connectivity index (χ2n) is 7.16. The predicted molar refractivity (Wildman–Crippen MR) is 106 cm³/mol. The van der Waals surface area contributed by atoms with Gasteiger partial charge >= 0.3 is 5.97 Å². The Kier molecular flexibility index (Phi) is 6.44. The van der Waals surface area contributed by atoms with Crippen molar-refractivity contribution in [3.05, 3.63) is 53.2 Å². The summed E-state index contributed by atoms with van der Waals surface area (Å²) < 4.78 is 1.68. The third-order valence-corrected chi connectivity index (χ3v) is 4.32. The number of carboxylic acids is 1. The Hall–Kier alpha value is -2.60. The molecular weight excluding hydrogens is 366 g/mol. The molecule has 1 aromatic heterocycles. The van der Waals surface area contributed by atoms with Gasteiger partial charge in [-0.05, 0) is 40.2 Å². The number of rotatable bonds is 6. The first-order valence-corrected chi connectivity index (χ1v) is 9.02. The molecule has 2 aromatic rings. The van der Waals surface area contributed by atoms with E-state index >= 15 is 0 Å². The zero-order chi connectivity index (χ0) is 20.2. The molecule has 0 saturated heterocycles. The predicted octanol–water partition coefficient (Wildman–Crippen LogP) is 4.11. The van der Waals surface area contributed by atoms with Crippen LogP contribution in [0.15, 0.2) is 42.6 Å². The third-order valence-electron chi connectivity index (χ3n) is 3.99. The number of nitrogens with one attached hydrogen (secondary N) is 1. The number of allylic oxidation sites excluding steroid dienone is 1. The van der Waals surface area contributed by atoms with Crippen LogP contribution in [0.25, 0.3) is 11.3 Å². The van der Waals surface area contributed by atoms with Gasteiger partial charge in [0.25, 0.3) is 5.91 Å². The standard InChI is InChI=1S/C20H24ClN3O3/c1-5-6-11-16(19(26)27)22-18(25)14-12-24(20(2,3)4)23-17(14)13-9-7-8-10-15(13)21/h5-10,12,16H,11H2,1-4H3,(H,22,25)(H,26,27)/b6-5+. The van der Waals surface area contributed by atoms with Crippen LogP contribution in [0.4, 0.5) is 0 Å². The Labute approximate surface area is 163 Å². The highest BCUT2D eigenvalue weighted by molar-refractivity contribution is 6.33. The van der Waals surface area contributed by atoms with Crippen LogP contribution in [0.5, 0.6) is 0 Å². The van der Waals surface area contributed by atoms with Crippen molar-refractivity contribution in [2.45, 2.75) is 45.7 Å². The fourth-order valence-electron chi connectivity index (χ4n) is 2.47. The van der Waals surface area contributed by atoms with Crippen LogP contribution in [0.3, 0.4) is 0 Å². The van der Waals surface area contributed by atoms with E-state index in [9.17, 15) is 14.7 Å². The Bertz CT molecular complexity index is 866. The summed E-state index contributed by atoms with van der Waals surface area (Å²) in [5.74, 6) is -1.60. The van der Waals surface area contributed by atoms with E-state index in [1.807, 2.05) is 26.8 Å². The first kappa shape index (κ1) is 20.7. The maximum absolute atomic E-state index is 12.9. The van der Waals surface area contributed by atoms with Crippen molar-refractivity contribution < 1.29 is 14.7 Å². The molecule has 2 rings (SSSR count). The van der Waals surface area contributed by atoms with E-state index < -0.39 is 17.9 Å². The number of aliphatic carboxylic acids is 1. The minimum absolute atomic E-state index is 0.201. The molecule has 1 unspecified atom stereocenters. The lowest BCUT2D eigenvalue weighted by atomic mass is 10.1. The number of carbonyl (C=O) groups is 2. The van der Waals surface area contributed by atoms with Gasteiger partial charge in [-0.3, -0.25) is 9.48 Å². The van der Waals surface area contributed by atoms with E-state index in [2.05, 4.69) is 10.4 Å². The topological polar surface area (TPSA) is 84.2 Å². The summed E-state index contributed by atoms with van der Waals surface area (Å²) in [5, 5.41) is 17.0. The molecule has 7 heteroatoms. The highest BCUT2D eigenvalue weighted by atomic mass is 35.5. The number of carboxylic acid groups (broad SMARTS) is 1. The molecule has 0 spiro atoms. The van der Waals surface area contributed by atoms with E-state index in [0.717, 1.165) is 0 Å². The Morgan fingerprint density at radius 1 is 1.33 bits per heavy atom. The minimum atomic E-state index is -1.09. The van der Waals surface area contributed by atoms with Crippen molar-refractivity contribution in [2.75, 3.05) is 0 Å². The van der Waals surface area contributed by atoms with Crippen molar-refractivity contribution in [2.24, 2.45) is 0 Å². The summed E-state index contributed by atoms with van der Waals surface area (Å²) in [5.41, 5.74) is 0.965. The molecule has 0 aliphatic heterocycles. The lowest BCUT2D eigenvalue weighted by Crippen LogP contribution is -2.40. The van der Waals surface area contributed by atoms with Gasteiger partial charge in [0.05, 0.1) is 16.1 Å². The van der Waals surface area contributed by atoms with Crippen molar-refractivity contribution in [1.29, 1.82) is 0 Å². The number of halogens is 1. The van der Waals surface area contributed by atoms with E-state index in [0.29, 0.717) is 16.3 Å². The third kappa shape index (κ3) is 4.98. The number of amides is 1. The summed E-state index contributed by atoms with van der Waals surface area (Å²) in [6, 6.07) is 6.09. The van der Waals surface area contributed by atoms with Crippen molar-refractivity contribution in [3.8, 4) is 11.3 Å². The molecule has 6 nitrogen and oxygen atoms in total. The molecule has 144 valence electrons. The second-order valence-corrected chi connectivity index (χ2v) is 7.56. The van der Waals surface area contributed by atoms with Gasteiger partial charge in [0, 0.05) is 11.8 Å². The SMILES string of the molecule is C/C=C/CC(NC(=O)c1cn(C(C)(C)C)nc1-c1ccccc1Cl)C(=O)O. The first-order valence-electron chi connectivity index (χ1n) is 8.65. The van der Waals surface area contributed by atoms with Gasteiger partial charge in [-0.2, -0.15) is 5.10 Å². The maximum Gasteiger partial charge on any atom is 0.326 e. The van der Waals surface area contributed by atoms with Crippen molar-refractivity contribution in [3.63, 3.8) is 0 Å². The average molecular weight is 390 g/mol. The summed E-state index contributed by atoms with van der Waals surface area (Å²) >= 11 is 6.30. The van der Waals surface area contributed by atoms with Gasteiger partial charge < -0.3 is 10.4 Å². The van der Waals surface area contributed by atoms with Crippen molar-refractivity contribution in [1.82, 2.24) is 15.1 Å². The number of hydrogen-bond donors (Lipinski definition) is 2. The van der Waals surface area contributed by atoms with E-state index in [-0.39, 0.29) is 17.5 Å². The van der Waals surface area contributed by atoms with E-state index in [4.69, 9.17) is 11.6 Å². The fraction of sp³-hybridized carbons (Fsp3) is 0.350. The molecule has 0 radical (unpaired) electrons. The molecule has 1 amide bonds. The summed E-state index contributed by atoms with van der Waals surface area (Å²) in [7, 11) is 0. The molecule has 27 heavy (non-hydrogen) atoms. The van der Waals surface area contributed by atoms with Crippen molar-refractivity contribution >= 4 is 23.5 Å². The normalized spacial score (nSPS) is 12.9. The molecule has 0 aliphatic carbocycles. The fourth-order valence-corrected chi connectivity index (χ4v) is 2.69. The molecule has 2 N–H and O–H groups in total. The van der Waals surface area contributed by atoms with Gasteiger partial charge in [-0.1, -0.05) is 42.0 Å². The van der Waals surface area contributed by atoms with Crippen LogP contribution in [0.2, 0.25) is 5.02 Å². The monoisotopic (exact) mass is 389 g/mol. The molecular formula is C20H24ClN3O3. The van der Waals surface area contributed by atoms with E-state index in [1.165, 1.54) is 0 Å². The van der Waals surface area contributed by atoms with Gasteiger partial charge in [0.1, 0.15) is 11.7 Å². The maximum atomic E-state index is 12.9. The lowest BCUT2D eigenvalue weighted by molar-refractivity contribution is -0.139. The molecule has 0 bridgehead atoms. The van der Waals surface area contributed by atoms with E-state index in [1.54, 1.807) is 48.2 Å². The quantitative estimate of drug-likeness (QED) is 0.728. The van der Waals surface area contributed by atoms with Crippen LogP contribution >= 0.6 is 11.6 Å². The first-order chi connectivity index (χ1) is 12.6. The molecule has 1 aromatic carbocycles. The number of nitrogens with zero attached hydrogens (tertiary/aromatic N) is 2.